The molecule has 1 aromatic rings. The first-order chi connectivity index (χ1) is 8.09. The van der Waals surface area contributed by atoms with Gasteiger partial charge in [0.1, 0.15) is 0 Å². The molecule has 1 aliphatic rings. The van der Waals surface area contributed by atoms with E-state index in [0.717, 1.165) is 5.56 Å². The van der Waals surface area contributed by atoms with Crippen molar-refractivity contribution in [3.05, 3.63) is 35.9 Å². The van der Waals surface area contributed by atoms with Crippen LogP contribution in [-0.4, -0.2) is 23.0 Å². The fourth-order valence-corrected chi connectivity index (χ4v) is 1.72. The number of carbonyl (C=O) groups excluding carboxylic acids is 1. The number of nitrogens with zero attached hydrogens (tertiary/aromatic N) is 2. The number of carbonyl (C=O) groups is 1. The van der Waals surface area contributed by atoms with Gasteiger partial charge in [0.2, 0.25) is 11.8 Å². The molecule has 0 saturated heterocycles. The summed E-state index contributed by atoms with van der Waals surface area (Å²) >= 11 is 0. The van der Waals surface area contributed by atoms with Crippen LogP contribution in [0.5, 0.6) is 0 Å². The third-order valence-corrected chi connectivity index (χ3v) is 2.59. The smallest absolute Gasteiger partial charge is 0.242 e. The number of hydrogen-bond acceptors (Lipinski definition) is 3. The molecule has 0 unspecified atom stereocenters. The number of ether oxygens (including phenoxy) is 1. The van der Waals surface area contributed by atoms with Crippen LogP contribution in [0.15, 0.2) is 35.4 Å². The van der Waals surface area contributed by atoms with E-state index < -0.39 is 0 Å². The summed E-state index contributed by atoms with van der Waals surface area (Å²) in [5, 5.41) is 5.65. The zero-order chi connectivity index (χ0) is 12.4. The van der Waals surface area contributed by atoms with Crippen molar-refractivity contribution in [1.82, 2.24) is 5.01 Å². The molecule has 0 bridgehead atoms. The third-order valence-electron chi connectivity index (χ3n) is 2.59. The summed E-state index contributed by atoms with van der Waals surface area (Å²) in [4.78, 5) is 11.5. The largest absolute Gasteiger partial charge is 0.450 e. The van der Waals surface area contributed by atoms with Gasteiger partial charge < -0.3 is 4.74 Å². The van der Waals surface area contributed by atoms with E-state index >= 15 is 0 Å². The molecule has 90 valence electrons. The Labute approximate surface area is 101 Å². The van der Waals surface area contributed by atoms with Crippen LogP contribution in [0.1, 0.15) is 26.3 Å². The second-order valence-electron chi connectivity index (χ2n) is 4.39. The van der Waals surface area contributed by atoms with Gasteiger partial charge in [-0.3, -0.25) is 4.79 Å². The van der Waals surface area contributed by atoms with E-state index in [9.17, 15) is 4.79 Å². The molecule has 1 heterocycles. The van der Waals surface area contributed by atoms with E-state index in [1.54, 1.807) is 0 Å². The van der Waals surface area contributed by atoms with E-state index in [1.165, 1.54) is 11.9 Å². The standard InChI is InChI=1S/C13H16N2O2/c1-9(2)13-15(10(3)16)14-12(17-13)11-7-5-4-6-8-11/h4-9,13H,1-3H3/t13-/m1/s1. The van der Waals surface area contributed by atoms with Crippen molar-refractivity contribution >= 4 is 11.8 Å². The lowest BCUT2D eigenvalue weighted by Crippen LogP contribution is -2.36. The first-order valence-corrected chi connectivity index (χ1v) is 5.70. The maximum absolute atomic E-state index is 11.5. The third kappa shape index (κ3) is 2.30. The van der Waals surface area contributed by atoms with Gasteiger partial charge in [0.25, 0.3) is 0 Å². The molecule has 1 amide bonds. The fraction of sp³-hybridized carbons (Fsp3) is 0.385. The van der Waals surface area contributed by atoms with E-state index in [4.69, 9.17) is 4.74 Å². The lowest BCUT2D eigenvalue weighted by Gasteiger charge is -2.21. The monoisotopic (exact) mass is 232 g/mol. The van der Waals surface area contributed by atoms with Gasteiger partial charge in [0, 0.05) is 18.4 Å². The molecule has 0 spiro atoms. The van der Waals surface area contributed by atoms with Gasteiger partial charge in [-0.05, 0) is 12.1 Å². The van der Waals surface area contributed by atoms with Crippen molar-refractivity contribution in [1.29, 1.82) is 0 Å². The first-order valence-electron chi connectivity index (χ1n) is 5.70. The van der Waals surface area contributed by atoms with Gasteiger partial charge in [-0.1, -0.05) is 32.0 Å². The minimum Gasteiger partial charge on any atom is -0.450 e. The molecule has 1 atom stereocenters. The molecular formula is C13H16N2O2. The summed E-state index contributed by atoms with van der Waals surface area (Å²) in [6.45, 7) is 5.50. The average molecular weight is 232 g/mol. The van der Waals surface area contributed by atoms with Crippen molar-refractivity contribution in [3.63, 3.8) is 0 Å². The summed E-state index contributed by atoms with van der Waals surface area (Å²) in [5.74, 6) is 0.609. The quantitative estimate of drug-likeness (QED) is 0.784. The van der Waals surface area contributed by atoms with Gasteiger partial charge >= 0.3 is 0 Å². The van der Waals surface area contributed by atoms with Crippen LogP contribution in [0.4, 0.5) is 0 Å². The predicted molar refractivity (Wildman–Crippen MR) is 65.2 cm³/mol. The summed E-state index contributed by atoms with van der Waals surface area (Å²) in [5.41, 5.74) is 0.891. The Balaban J connectivity index is 2.27. The highest BCUT2D eigenvalue weighted by molar-refractivity contribution is 5.96. The highest BCUT2D eigenvalue weighted by Crippen LogP contribution is 2.22. The van der Waals surface area contributed by atoms with Crippen LogP contribution in [0.2, 0.25) is 0 Å². The fourth-order valence-electron chi connectivity index (χ4n) is 1.72. The summed E-state index contributed by atoms with van der Waals surface area (Å²) < 4.78 is 5.74. The normalized spacial score (nSPS) is 19.2. The van der Waals surface area contributed by atoms with Crippen molar-refractivity contribution < 1.29 is 9.53 Å². The molecule has 0 saturated carbocycles. The van der Waals surface area contributed by atoms with E-state index in [0.29, 0.717) is 5.90 Å². The Morgan fingerprint density at radius 3 is 2.47 bits per heavy atom. The van der Waals surface area contributed by atoms with Gasteiger partial charge in [-0.15, -0.1) is 5.10 Å². The molecule has 0 radical (unpaired) electrons. The number of hydrogen-bond donors (Lipinski definition) is 0. The van der Waals surface area contributed by atoms with E-state index in [-0.39, 0.29) is 18.1 Å². The van der Waals surface area contributed by atoms with Gasteiger partial charge in [-0.2, -0.15) is 5.01 Å². The lowest BCUT2D eigenvalue weighted by atomic mass is 10.2. The molecule has 1 aliphatic heterocycles. The number of amides is 1. The number of rotatable bonds is 2. The van der Waals surface area contributed by atoms with Gasteiger partial charge in [0.05, 0.1) is 0 Å². The zero-order valence-electron chi connectivity index (χ0n) is 10.3. The van der Waals surface area contributed by atoms with Crippen molar-refractivity contribution in [2.24, 2.45) is 11.0 Å². The first kappa shape index (κ1) is 11.6. The SMILES string of the molecule is CC(=O)N1N=C(c2ccccc2)O[C@@H]1C(C)C. The molecule has 0 aromatic heterocycles. The topological polar surface area (TPSA) is 41.9 Å². The molecule has 2 rings (SSSR count). The molecule has 0 aliphatic carbocycles. The predicted octanol–water partition coefficient (Wildman–Crippen LogP) is 2.21. The second-order valence-corrected chi connectivity index (χ2v) is 4.39. The van der Waals surface area contributed by atoms with Crippen LogP contribution in [0, 0.1) is 5.92 Å². The van der Waals surface area contributed by atoms with Crippen LogP contribution in [0.3, 0.4) is 0 Å². The molecular weight excluding hydrogens is 216 g/mol. The minimum absolute atomic E-state index is 0.102. The zero-order valence-corrected chi connectivity index (χ0v) is 10.3. The number of hydrazone groups is 1. The summed E-state index contributed by atoms with van der Waals surface area (Å²) in [6.07, 6.45) is -0.303. The lowest BCUT2D eigenvalue weighted by molar-refractivity contribution is -0.137. The molecule has 1 aromatic carbocycles. The highest BCUT2D eigenvalue weighted by atomic mass is 16.5. The van der Waals surface area contributed by atoms with Gasteiger partial charge in [0.15, 0.2) is 6.23 Å². The Bertz CT molecular complexity index is 440. The Morgan fingerprint density at radius 2 is 2.00 bits per heavy atom. The molecule has 0 fully saturated rings. The van der Waals surface area contributed by atoms with Crippen LogP contribution in [-0.2, 0) is 9.53 Å². The van der Waals surface area contributed by atoms with Crippen LogP contribution >= 0.6 is 0 Å². The van der Waals surface area contributed by atoms with Crippen molar-refractivity contribution in [3.8, 4) is 0 Å². The maximum Gasteiger partial charge on any atom is 0.242 e. The highest BCUT2D eigenvalue weighted by Gasteiger charge is 2.33. The Kier molecular flexibility index (Phi) is 3.13. The van der Waals surface area contributed by atoms with Crippen LogP contribution in [0.25, 0.3) is 0 Å². The van der Waals surface area contributed by atoms with Crippen molar-refractivity contribution in [2.75, 3.05) is 0 Å². The van der Waals surface area contributed by atoms with Crippen LogP contribution < -0.4 is 0 Å². The minimum atomic E-state index is -0.303. The Morgan fingerprint density at radius 1 is 1.35 bits per heavy atom. The van der Waals surface area contributed by atoms with E-state index in [2.05, 4.69) is 5.10 Å². The summed E-state index contributed by atoms with van der Waals surface area (Å²) in [7, 11) is 0. The van der Waals surface area contributed by atoms with E-state index in [1.807, 2.05) is 44.2 Å². The van der Waals surface area contributed by atoms with Gasteiger partial charge in [-0.25, -0.2) is 0 Å². The molecule has 0 N–H and O–H groups in total. The van der Waals surface area contributed by atoms with Crippen molar-refractivity contribution in [2.45, 2.75) is 27.0 Å². The second kappa shape index (κ2) is 4.57. The molecule has 17 heavy (non-hydrogen) atoms. The Hall–Kier alpha value is -1.84. The molecule has 4 nitrogen and oxygen atoms in total. The number of benzene rings is 1. The maximum atomic E-state index is 11.5. The molecule has 4 heteroatoms. The summed E-state index contributed by atoms with van der Waals surface area (Å²) in [6, 6.07) is 9.60. The average Bonchev–Trinajstić information content (AvgIpc) is 2.75.